The number of pyridine rings is 1. The van der Waals surface area contributed by atoms with Gasteiger partial charge in [-0.15, -0.1) is 0 Å². The van der Waals surface area contributed by atoms with Crippen molar-refractivity contribution >= 4 is 40.1 Å². The second-order valence-electron chi connectivity index (χ2n) is 8.10. The van der Waals surface area contributed by atoms with Gasteiger partial charge in [0.25, 0.3) is 0 Å². The van der Waals surface area contributed by atoms with Crippen molar-refractivity contribution < 1.29 is 9.53 Å². The van der Waals surface area contributed by atoms with Crippen LogP contribution < -0.4 is 16.2 Å². The minimum absolute atomic E-state index is 0.196. The highest BCUT2D eigenvalue weighted by atomic mass is 35.5. The molecule has 10 nitrogen and oxygen atoms in total. The van der Waals surface area contributed by atoms with E-state index >= 15 is 0 Å². The van der Waals surface area contributed by atoms with Gasteiger partial charge in [-0.3, -0.25) is 20.5 Å². The number of halogens is 2. The molecule has 176 valence electrons. The van der Waals surface area contributed by atoms with Gasteiger partial charge in [-0.2, -0.15) is 10.2 Å². The zero-order valence-electron chi connectivity index (χ0n) is 18.0. The summed E-state index contributed by atoms with van der Waals surface area (Å²) in [5, 5.41) is 13.6. The predicted octanol–water partition coefficient (Wildman–Crippen LogP) is 3.88. The lowest BCUT2D eigenvalue weighted by molar-refractivity contribution is 0.177. The van der Waals surface area contributed by atoms with Crippen molar-refractivity contribution in [3.05, 3.63) is 58.6 Å². The van der Waals surface area contributed by atoms with Crippen LogP contribution in [0, 0.1) is 0 Å². The first-order valence-electron chi connectivity index (χ1n) is 10.7. The van der Waals surface area contributed by atoms with E-state index in [4.69, 9.17) is 39.4 Å². The molecule has 0 spiro atoms. The summed E-state index contributed by atoms with van der Waals surface area (Å²) >= 11 is 12.4. The summed E-state index contributed by atoms with van der Waals surface area (Å²) in [5.41, 5.74) is 14.5. The van der Waals surface area contributed by atoms with Crippen LogP contribution in [0.1, 0.15) is 30.7 Å². The Bertz CT molecular complexity index is 1330. The molecular formula is C22H22Cl2N8O2. The summed E-state index contributed by atoms with van der Waals surface area (Å²) in [5.74, 6) is 0.540. The van der Waals surface area contributed by atoms with Crippen molar-refractivity contribution in [1.82, 2.24) is 29.9 Å². The third-order valence-electron chi connectivity index (χ3n) is 6.00. The molecule has 1 saturated heterocycles. The number of urea groups is 1. The van der Waals surface area contributed by atoms with E-state index in [2.05, 4.69) is 20.3 Å². The fraction of sp³-hybridized carbons (Fsp3) is 0.273. The molecule has 1 aliphatic heterocycles. The van der Waals surface area contributed by atoms with Gasteiger partial charge in [0.1, 0.15) is 11.4 Å². The lowest BCUT2D eigenvalue weighted by atomic mass is 10.1. The molecule has 0 unspecified atom stereocenters. The number of hydrogen-bond donors (Lipinski definition) is 3. The number of aromatic nitrogens is 5. The predicted molar refractivity (Wildman–Crippen MR) is 129 cm³/mol. The molecular weight excluding hydrogens is 479 g/mol. The highest BCUT2D eigenvalue weighted by molar-refractivity contribution is 6.35. The number of piperidine rings is 1. The van der Waals surface area contributed by atoms with Crippen LogP contribution in [0.15, 0.2) is 43.0 Å². The van der Waals surface area contributed by atoms with Gasteiger partial charge in [-0.1, -0.05) is 23.2 Å². The van der Waals surface area contributed by atoms with Gasteiger partial charge in [0.2, 0.25) is 0 Å². The number of hydrogen-bond acceptors (Lipinski definition) is 6. The standard InChI is InChI=1S/C22H22Cl2N8O2/c23-16-9-27-10-17(24)19(16)21(25)34-14-1-2-18-15(7-14)20(30-29-18)12-8-28-32(11-12)13-3-5-31(6-4-13)22(26)33/h1-2,7-11,13,21H,3-6,25H2,(H2,26,33)(H,29,30)/t21-/m0/s1. The molecule has 0 aliphatic carbocycles. The molecule has 12 heteroatoms. The molecule has 3 aromatic heterocycles. The van der Waals surface area contributed by atoms with Gasteiger partial charge >= 0.3 is 6.03 Å². The van der Waals surface area contributed by atoms with Crippen molar-refractivity contribution in [1.29, 1.82) is 0 Å². The van der Waals surface area contributed by atoms with E-state index in [9.17, 15) is 4.79 Å². The van der Waals surface area contributed by atoms with E-state index in [1.165, 1.54) is 12.4 Å². The molecule has 1 aromatic carbocycles. The van der Waals surface area contributed by atoms with E-state index in [1.807, 2.05) is 23.0 Å². The molecule has 4 heterocycles. The summed E-state index contributed by atoms with van der Waals surface area (Å²) in [6, 6.07) is 5.34. The average Bonchev–Trinajstić information content (AvgIpc) is 3.46. The summed E-state index contributed by atoms with van der Waals surface area (Å²) < 4.78 is 7.86. The molecule has 1 fully saturated rings. The van der Waals surface area contributed by atoms with Crippen molar-refractivity contribution in [2.75, 3.05) is 13.1 Å². The van der Waals surface area contributed by atoms with Gasteiger partial charge in [-0.05, 0) is 31.0 Å². The van der Waals surface area contributed by atoms with E-state index in [1.54, 1.807) is 17.2 Å². The normalized spacial score (nSPS) is 15.6. The number of nitrogens with two attached hydrogens (primary N) is 2. The van der Waals surface area contributed by atoms with E-state index in [0.29, 0.717) is 34.4 Å². The number of carbonyl (C=O) groups excluding carboxylic acids is 1. The fourth-order valence-electron chi connectivity index (χ4n) is 4.20. The number of fused-ring (bicyclic) bond motifs is 1. The molecule has 1 aliphatic rings. The lowest BCUT2D eigenvalue weighted by Crippen LogP contribution is -2.42. The maximum atomic E-state index is 11.4. The largest absolute Gasteiger partial charge is 0.471 e. The molecule has 34 heavy (non-hydrogen) atoms. The molecule has 2 amide bonds. The van der Waals surface area contributed by atoms with Crippen LogP contribution in [-0.4, -0.2) is 49.0 Å². The highest BCUT2D eigenvalue weighted by Gasteiger charge is 2.24. The lowest BCUT2D eigenvalue weighted by Gasteiger charge is -2.30. The first kappa shape index (κ1) is 22.5. The van der Waals surface area contributed by atoms with Gasteiger partial charge in [0.05, 0.1) is 27.8 Å². The second kappa shape index (κ2) is 9.13. The van der Waals surface area contributed by atoms with Crippen molar-refractivity contribution in [2.45, 2.75) is 25.1 Å². The van der Waals surface area contributed by atoms with Crippen LogP contribution in [0.3, 0.4) is 0 Å². The number of ether oxygens (including phenoxy) is 1. The number of aromatic amines is 1. The zero-order chi connectivity index (χ0) is 23.8. The van der Waals surface area contributed by atoms with E-state index in [-0.39, 0.29) is 12.1 Å². The number of nitrogens with zero attached hydrogens (tertiary/aromatic N) is 5. The third-order valence-corrected chi connectivity index (χ3v) is 6.60. The van der Waals surface area contributed by atoms with E-state index < -0.39 is 6.23 Å². The minimum atomic E-state index is -0.871. The number of likely N-dealkylation sites (tertiary alicyclic amines) is 1. The number of nitrogens with one attached hydrogen (secondary N) is 1. The van der Waals surface area contributed by atoms with Gasteiger partial charge in [0.15, 0.2) is 6.23 Å². The van der Waals surface area contributed by atoms with E-state index in [0.717, 1.165) is 35.0 Å². The molecule has 5 rings (SSSR count). The maximum absolute atomic E-state index is 11.4. The van der Waals surface area contributed by atoms with Gasteiger partial charge < -0.3 is 15.4 Å². The third kappa shape index (κ3) is 4.27. The summed E-state index contributed by atoms with van der Waals surface area (Å²) in [4.78, 5) is 17.0. The Labute approximate surface area is 204 Å². The summed E-state index contributed by atoms with van der Waals surface area (Å²) in [6.45, 7) is 1.24. The topological polar surface area (TPSA) is 141 Å². The van der Waals surface area contributed by atoms with Gasteiger partial charge in [0, 0.05) is 48.2 Å². The number of benzene rings is 1. The Balaban J connectivity index is 1.37. The Morgan fingerprint density at radius 2 is 1.91 bits per heavy atom. The van der Waals surface area contributed by atoms with Crippen LogP contribution in [0.5, 0.6) is 5.75 Å². The number of amides is 2. The van der Waals surface area contributed by atoms with Crippen molar-refractivity contribution in [3.8, 4) is 17.0 Å². The first-order valence-corrected chi connectivity index (χ1v) is 11.4. The fourth-order valence-corrected chi connectivity index (χ4v) is 4.78. The quantitative estimate of drug-likeness (QED) is 0.355. The van der Waals surface area contributed by atoms with Gasteiger partial charge in [-0.25, -0.2) is 4.79 Å². The van der Waals surface area contributed by atoms with Crippen LogP contribution in [-0.2, 0) is 0 Å². The minimum Gasteiger partial charge on any atom is -0.471 e. The van der Waals surface area contributed by atoms with Crippen LogP contribution in [0.25, 0.3) is 22.2 Å². The number of H-pyrrole nitrogens is 1. The Kier molecular flexibility index (Phi) is 6.03. The average molecular weight is 501 g/mol. The monoisotopic (exact) mass is 500 g/mol. The Morgan fingerprint density at radius 3 is 2.62 bits per heavy atom. The van der Waals surface area contributed by atoms with Crippen LogP contribution in [0.4, 0.5) is 4.79 Å². The number of carbonyl (C=O) groups is 1. The zero-order valence-corrected chi connectivity index (χ0v) is 19.5. The molecule has 0 radical (unpaired) electrons. The summed E-state index contributed by atoms with van der Waals surface area (Å²) in [7, 11) is 0. The molecule has 5 N–H and O–H groups in total. The first-order chi connectivity index (χ1) is 16.4. The molecule has 0 bridgehead atoms. The second-order valence-corrected chi connectivity index (χ2v) is 8.91. The molecule has 0 saturated carbocycles. The number of primary amides is 1. The van der Waals surface area contributed by atoms with Crippen molar-refractivity contribution in [3.63, 3.8) is 0 Å². The molecule has 4 aromatic rings. The Morgan fingerprint density at radius 1 is 1.18 bits per heavy atom. The van der Waals surface area contributed by atoms with Crippen molar-refractivity contribution in [2.24, 2.45) is 11.5 Å². The Hall–Kier alpha value is -3.34. The van der Waals surface area contributed by atoms with Crippen LogP contribution >= 0.6 is 23.2 Å². The maximum Gasteiger partial charge on any atom is 0.314 e. The molecule has 1 atom stereocenters. The SMILES string of the molecule is NC(=O)N1CCC(n2cc(-c3n[nH]c4ccc(O[C@H](N)c5c(Cl)cncc5Cl)cc34)cn2)CC1. The highest BCUT2D eigenvalue weighted by Crippen LogP contribution is 2.33. The number of rotatable bonds is 5. The van der Waals surface area contributed by atoms with Crippen LogP contribution in [0.2, 0.25) is 10.0 Å². The summed E-state index contributed by atoms with van der Waals surface area (Å²) in [6.07, 6.45) is 7.41. The smallest absolute Gasteiger partial charge is 0.314 e.